The highest BCUT2D eigenvalue weighted by atomic mass is 32.1. The maximum atomic E-state index is 11.6. The molecular weight excluding hydrogens is 242 g/mol. The van der Waals surface area contributed by atoms with Crippen molar-refractivity contribution >= 4 is 23.3 Å². The number of nitrogens with zero attached hydrogens (tertiary/aromatic N) is 2. The number of likely N-dealkylation sites (N-methyl/N-ethyl adjacent to an activating group) is 1. The van der Waals surface area contributed by atoms with Gasteiger partial charge in [-0.3, -0.25) is 0 Å². The van der Waals surface area contributed by atoms with Crippen LogP contribution in [-0.4, -0.2) is 40.1 Å². The van der Waals surface area contributed by atoms with E-state index in [0.29, 0.717) is 6.54 Å². The van der Waals surface area contributed by atoms with Crippen molar-refractivity contribution in [2.75, 3.05) is 7.05 Å². The Kier molecular flexibility index (Phi) is 4.45. The van der Waals surface area contributed by atoms with Crippen LogP contribution < -0.4 is 5.32 Å². The van der Waals surface area contributed by atoms with Gasteiger partial charge in [-0.05, 0) is 13.8 Å². The first kappa shape index (κ1) is 13.4. The van der Waals surface area contributed by atoms with Gasteiger partial charge >= 0.3 is 12.0 Å². The molecule has 0 saturated carbocycles. The molecule has 0 saturated heterocycles. The number of carbonyl (C=O) groups is 2. The Hall–Kier alpha value is -1.63. The van der Waals surface area contributed by atoms with Crippen molar-refractivity contribution in [1.29, 1.82) is 0 Å². The zero-order valence-corrected chi connectivity index (χ0v) is 10.7. The van der Waals surface area contributed by atoms with Crippen LogP contribution in [0.1, 0.15) is 17.6 Å². The van der Waals surface area contributed by atoms with E-state index in [2.05, 4.69) is 10.3 Å². The second-order valence-electron chi connectivity index (χ2n) is 3.67. The van der Waals surface area contributed by atoms with Crippen LogP contribution in [0.4, 0.5) is 4.79 Å². The molecule has 2 amide bonds. The maximum absolute atomic E-state index is 11.6. The fourth-order valence-electron chi connectivity index (χ4n) is 1.10. The number of aromatic nitrogens is 1. The topological polar surface area (TPSA) is 82.5 Å². The van der Waals surface area contributed by atoms with E-state index in [9.17, 15) is 9.59 Å². The minimum Gasteiger partial charge on any atom is -0.480 e. The van der Waals surface area contributed by atoms with Crippen LogP contribution in [0.25, 0.3) is 0 Å². The van der Waals surface area contributed by atoms with E-state index >= 15 is 0 Å². The molecule has 0 spiro atoms. The molecule has 0 fully saturated rings. The Labute approximate surface area is 103 Å². The predicted octanol–water partition coefficient (Wildman–Crippen LogP) is 1.07. The van der Waals surface area contributed by atoms with Gasteiger partial charge in [0.05, 0.1) is 6.54 Å². The van der Waals surface area contributed by atoms with Crippen molar-refractivity contribution in [2.24, 2.45) is 0 Å². The summed E-state index contributed by atoms with van der Waals surface area (Å²) >= 11 is 1.46. The minimum absolute atomic E-state index is 0.314. The van der Waals surface area contributed by atoms with Gasteiger partial charge in [0.25, 0.3) is 0 Å². The van der Waals surface area contributed by atoms with Crippen LogP contribution in [0, 0.1) is 6.92 Å². The summed E-state index contributed by atoms with van der Waals surface area (Å²) in [7, 11) is 1.45. The molecule has 2 N–H and O–H groups in total. The predicted molar refractivity (Wildman–Crippen MR) is 63.9 cm³/mol. The van der Waals surface area contributed by atoms with Gasteiger partial charge in [-0.25, -0.2) is 14.6 Å². The highest BCUT2D eigenvalue weighted by Crippen LogP contribution is 2.08. The van der Waals surface area contributed by atoms with E-state index in [-0.39, 0.29) is 0 Å². The van der Waals surface area contributed by atoms with Gasteiger partial charge in [-0.15, -0.1) is 11.3 Å². The van der Waals surface area contributed by atoms with Crippen molar-refractivity contribution in [2.45, 2.75) is 26.4 Å². The lowest BCUT2D eigenvalue weighted by molar-refractivity contribution is -0.141. The summed E-state index contributed by atoms with van der Waals surface area (Å²) in [6.45, 7) is 3.64. The number of thiazole rings is 1. The van der Waals surface area contributed by atoms with Gasteiger partial charge < -0.3 is 15.3 Å². The van der Waals surface area contributed by atoms with E-state index in [1.54, 1.807) is 0 Å². The van der Waals surface area contributed by atoms with Gasteiger partial charge in [-0.1, -0.05) is 0 Å². The molecule has 94 valence electrons. The van der Waals surface area contributed by atoms with E-state index in [4.69, 9.17) is 5.11 Å². The third kappa shape index (κ3) is 3.70. The second kappa shape index (κ2) is 5.62. The molecule has 7 heteroatoms. The Balaban J connectivity index is 2.47. The Morgan fingerprint density at radius 3 is 2.76 bits per heavy atom. The number of rotatable bonds is 4. The average Bonchev–Trinajstić information content (AvgIpc) is 2.69. The smallest absolute Gasteiger partial charge is 0.326 e. The summed E-state index contributed by atoms with van der Waals surface area (Å²) < 4.78 is 0. The van der Waals surface area contributed by atoms with Gasteiger partial charge in [0.15, 0.2) is 0 Å². The van der Waals surface area contributed by atoms with Crippen molar-refractivity contribution in [1.82, 2.24) is 15.2 Å². The number of carbonyl (C=O) groups excluding carboxylic acids is 1. The summed E-state index contributed by atoms with van der Waals surface area (Å²) in [5.74, 6) is -1.03. The number of hydrogen-bond acceptors (Lipinski definition) is 4. The van der Waals surface area contributed by atoms with Gasteiger partial charge in [0.2, 0.25) is 0 Å². The fraction of sp³-hybridized carbons (Fsp3) is 0.500. The van der Waals surface area contributed by atoms with E-state index in [1.165, 1.54) is 25.3 Å². The molecular formula is C10H15N3O3S. The first-order valence-corrected chi connectivity index (χ1v) is 5.94. The minimum atomic E-state index is -1.03. The molecule has 1 aromatic rings. The summed E-state index contributed by atoms with van der Waals surface area (Å²) in [6.07, 6.45) is 0. The van der Waals surface area contributed by atoms with Crippen LogP contribution in [0.3, 0.4) is 0 Å². The van der Waals surface area contributed by atoms with Gasteiger partial charge in [-0.2, -0.15) is 0 Å². The summed E-state index contributed by atoms with van der Waals surface area (Å²) in [4.78, 5) is 27.6. The molecule has 1 atom stereocenters. The Morgan fingerprint density at radius 2 is 2.29 bits per heavy atom. The maximum Gasteiger partial charge on any atom is 0.326 e. The number of aryl methyl sites for hydroxylation is 1. The van der Waals surface area contributed by atoms with Crippen molar-refractivity contribution < 1.29 is 14.7 Å². The number of nitrogens with one attached hydrogen (secondary N) is 1. The molecule has 0 aliphatic heterocycles. The monoisotopic (exact) mass is 257 g/mol. The molecule has 0 aliphatic rings. The molecule has 6 nitrogen and oxygen atoms in total. The lowest BCUT2D eigenvalue weighted by Crippen LogP contribution is -2.45. The van der Waals surface area contributed by atoms with Crippen molar-refractivity contribution in [3.63, 3.8) is 0 Å². The Bertz CT molecular complexity index is 419. The summed E-state index contributed by atoms with van der Waals surface area (Å²) in [5, 5.41) is 14.1. The van der Waals surface area contributed by atoms with Crippen LogP contribution in [0.5, 0.6) is 0 Å². The zero-order valence-electron chi connectivity index (χ0n) is 9.93. The summed E-state index contributed by atoms with van der Waals surface area (Å²) in [5.41, 5.74) is 0.909. The number of amides is 2. The normalized spacial score (nSPS) is 11.9. The number of carboxylic acids is 1. The number of urea groups is 1. The highest BCUT2D eigenvalue weighted by Gasteiger charge is 2.21. The molecule has 1 unspecified atom stereocenters. The highest BCUT2D eigenvalue weighted by molar-refractivity contribution is 7.09. The van der Waals surface area contributed by atoms with Crippen LogP contribution in [0.15, 0.2) is 5.38 Å². The quantitative estimate of drug-likeness (QED) is 0.845. The lowest BCUT2D eigenvalue weighted by Gasteiger charge is -2.21. The molecule has 17 heavy (non-hydrogen) atoms. The first-order chi connectivity index (χ1) is 7.91. The first-order valence-electron chi connectivity index (χ1n) is 5.06. The number of carboxylic acid groups (broad SMARTS) is 1. The molecule has 0 aromatic carbocycles. The fourth-order valence-corrected chi connectivity index (χ4v) is 1.81. The largest absolute Gasteiger partial charge is 0.480 e. The van der Waals surface area contributed by atoms with Gasteiger partial charge in [0, 0.05) is 18.1 Å². The third-order valence-electron chi connectivity index (χ3n) is 2.32. The van der Waals surface area contributed by atoms with Crippen molar-refractivity contribution in [3.8, 4) is 0 Å². The lowest BCUT2D eigenvalue weighted by atomic mass is 10.3. The zero-order chi connectivity index (χ0) is 13.0. The van der Waals surface area contributed by atoms with Crippen LogP contribution in [0.2, 0.25) is 0 Å². The molecule has 0 bridgehead atoms. The molecule has 0 radical (unpaired) electrons. The second-order valence-corrected chi connectivity index (χ2v) is 4.61. The SMILES string of the molecule is Cc1csc(CNC(=O)N(C)C(C)C(=O)O)n1. The third-order valence-corrected chi connectivity index (χ3v) is 3.28. The summed E-state index contributed by atoms with van der Waals surface area (Å²) in [6, 6.07) is -1.28. The Morgan fingerprint density at radius 1 is 1.65 bits per heavy atom. The molecule has 0 aliphatic carbocycles. The number of aliphatic carboxylic acids is 1. The van der Waals surface area contributed by atoms with Crippen LogP contribution >= 0.6 is 11.3 Å². The molecule has 1 aromatic heterocycles. The van der Waals surface area contributed by atoms with Gasteiger partial charge in [0.1, 0.15) is 11.0 Å². The van der Waals surface area contributed by atoms with Crippen LogP contribution in [-0.2, 0) is 11.3 Å². The average molecular weight is 257 g/mol. The standard InChI is InChI=1S/C10H15N3O3S/c1-6-5-17-8(12-6)4-11-10(16)13(3)7(2)9(14)15/h5,7H,4H2,1-3H3,(H,11,16)(H,14,15). The molecule has 1 rings (SSSR count). The van der Waals surface area contributed by atoms with Crippen molar-refractivity contribution in [3.05, 3.63) is 16.1 Å². The molecule has 1 heterocycles. The van der Waals surface area contributed by atoms with E-state index < -0.39 is 18.0 Å². The van der Waals surface area contributed by atoms with E-state index in [1.807, 2.05) is 12.3 Å². The van der Waals surface area contributed by atoms with E-state index in [0.717, 1.165) is 15.6 Å². The number of hydrogen-bond donors (Lipinski definition) is 2.